The molecule has 1 aliphatic carbocycles. The highest BCUT2D eigenvalue weighted by molar-refractivity contribution is 6.46. The second kappa shape index (κ2) is 9.39. The molecular formula is C27H25N5O2. The van der Waals surface area contributed by atoms with Gasteiger partial charge in [-0.3, -0.25) is 19.6 Å². The van der Waals surface area contributed by atoms with Crippen molar-refractivity contribution in [3.63, 3.8) is 0 Å². The summed E-state index contributed by atoms with van der Waals surface area (Å²) in [5, 5.41) is 14.9. The Morgan fingerprint density at radius 2 is 1.88 bits per heavy atom. The largest absolute Gasteiger partial charge is 0.348 e. The van der Waals surface area contributed by atoms with Crippen LogP contribution in [0.2, 0.25) is 0 Å². The van der Waals surface area contributed by atoms with Gasteiger partial charge in [0.2, 0.25) is 5.91 Å². The predicted molar refractivity (Wildman–Crippen MR) is 130 cm³/mol. The van der Waals surface area contributed by atoms with E-state index in [0.29, 0.717) is 5.56 Å². The van der Waals surface area contributed by atoms with E-state index in [9.17, 15) is 9.59 Å². The number of hydrogen-bond donors (Lipinski definition) is 3. The lowest BCUT2D eigenvalue weighted by molar-refractivity contribution is -0.120. The van der Waals surface area contributed by atoms with Gasteiger partial charge >= 0.3 is 0 Å². The van der Waals surface area contributed by atoms with E-state index in [0.717, 1.165) is 24.0 Å². The fourth-order valence-corrected chi connectivity index (χ4v) is 4.81. The average molecular weight is 452 g/mol. The quantitative estimate of drug-likeness (QED) is 0.501. The molecular weight excluding hydrogens is 426 g/mol. The summed E-state index contributed by atoms with van der Waals surface area (Å²) >= 11 is 0. The summed E-state index contributed by atoms with van der Waals surface area (Å²) in [6.07, 6.45) is 5.13. The molecule has 170 valence electrons. The molecule has 0 bridgehead atoms. The number of carbonyl (C=O) groups excluding carboxylic acids is 2. The summed E-state index contributed by atoms with van der Waals surface area (Å²) < 4.78 is 0. The zero-order valence-electron chi connectivity index (χ0n) is 18.6. The SMILES string of the molecule is N=C(c1ccccc1)C1C(=NCC(=O)NC2CCc3ccccc32)C(=O)NC1c1cccnc1. The first-order chi connectivity index (χ1) is 16.6. The molecule has 7 heteroatoms. The molecule has 3 atom stereocenters. The maximum absolute atomic E-state index is 12.9. The predicted octanol–water partition coefficient (Wildman–Crippen LogP) is 3.18. The minimum absolute atomic E-state index is 0.0390. The first-order valence-electron chi connectivity index (χ1n) is 11.4. The van der Waals surface area contributed by atoms with Gasteiger partial charge in [-0.05, 0) is 41.2 Å². The van der Waals surface area contributed by atoms with Crippen LogP contribution in [0, 0.1) is 11.3 Å². The second-order valence-corrected chi connectivity index (χ2v) is 8.55. The Kier molecular flexibility index (Phi) is 5.99. The number of hydrogen-bond acceptors (Lipinski definition) is 5. The van der Waals surface area contributed by atoms with Crippen molar-refractivity contribution in [1.29, 1.82) is 5.41 Å². The number of amides is 2. The van der Waals surface area contributed by atoms with Gasteiger partial charge in [-0.1, -0.05) is 60.7 Å². The third kappa shape index (κ3) is 4.24. The minimum atomic E-state index is -0.626. The van der Waals surface area contributed by atoms with Gasteiger partial charge < -0.3 is 16.0 Å². The molecule has 1 aromatic heterocycles. The lowest BCUT2D eigenvalue weighted by Gasteiger charge is -2.20. The van der Waals surface area contributed by atoms with Crippen LogP contribution in [0.15, 0.2) is 84.1 Å². The zero-order chi connectivity index (χ0) is 23.5. The summed E-state index contributed by atoms with van der Waals surface area (Å²) in [4.78, 5) is 34.3. The number of fused-ring (bicyclic) bond motifs is 1. The second-order valence-electron chi connectivity index (χ2n) is 8.55. The van der Waals surface area contributed by atoms with Crippen molar-refractivity contribution in [1.82, 2.24) is 15.6 Å². The molecule has 0 saturated carbocycles. The van der Waals surface area contributed by atoms with E-state index in [4.69, 9.17) is 5.41 Å². The number of pyridine rings is 1. The monoisotopic (exact) mass is 451 g/mol. The molecule has 2 aliphatic rings. The lowest BCUT2D eigenvalue weighted by atomic mass is 9.86. The van der Waals surface area contributed by atoms with E-state index < -0.39 is 12.0 Å². The lowest BCUT2D eigenvalue weighted by Crippen LogP contribution is -2.31. The van der Waals surface area contributed by atoms with Gasteiger partial charge in [0.25, 0.3) is 5.91 Å². The van der Waals surface area contributed by atoms with Crippen LogP contribution >= 0.6 is 0 Å². The van der Waals surface area contributed by atoms with Gasteiger partial charge in [0.1, 0.15) is 12.3 Å². The molecule has 3 unspecified atom stereocenters. The summed E-state index contributed by atoms with van der Waals surface area (Å²) in [6, 6.07) is 20.5. The summed E-state index contributed by atoms with van der Waals surface area (Å²) in [7, 11) is 0. The molecule has 3 aromatic rings. The van der Waals surface area contributed by atoms with E-state index >= 15 is 0 Å². The molecule has 5 rings (SSSR count). The van der Waals surface area contributed by atoms with Crippen molar-refractivity contribution in [3.05, 3.63) is 101 Å². The number of nitrogens with one attached hydrogen (secondary N) is 3. The molecule has 3 N–H and O–H groups in total. The van der Waals surface area contributed by atoms with Gasteiger partial charge in [0, 0.05) is 12.4 Å². The van der Waals surface area contributed by atoms with E-state index in [1.165, 1.54) is 5.56 Å². The van der Waals surface area contributed by atoms with Crippen molar-refractivity contribution in [2.75, 3.05) is 6.54 Å². The van der Waals surface area contributed by atoms with Gasteiger partial charge in [-0.2, -0.15) is 0 Å². The van der Waals surface area contributed by atoms with Crippen molar-refractivity contribution >= 4 is 23.2 Å². The standard InChI is InChI=1S/C27H25N5O2/c28-24(18-8-2-1-3-9-18)23-25(19-10-6-14-29-15-19)32-27(34)26(23)30-16-22(33)31-21-13-12-17-7-4-5-11-20(17)21/h1-11,14-15,21,23,25,28H,12-13,16H2,(H,31,33)(H,32,34). The van der Waals surface area contributed by atoms with E-state index in [1.54, 1.807) is 18.5 Å². The number of aromatic nitrogens is 1. The highest BCUT2D eigenvalue weighted by atomic mass is 16.2. The fourth-order valence-electron chi connectivity index (χ4n) is 4.81. The molecule has 2 heterocycles. The van der Waals surface area contributed by atoms with Crippen molar-refractivity contribution in [2.45, 2.75) is 24.9 Å². The van der Waals surface area contributed by atoms with Crippen LogP contribution in [0.3, 0.4) is 0 Å². The summed E-state index contributed by atoms with van der Waals surface area (Å²) in [5.74, 6) is -1.23. The van der Waals surface area contributed by atoms with Gasteiger partial charge in [-0.15, -0.1) is 0 Å². The van der Waals surface area contributed by atoms with Gasteiger partial charge in [0.15, 0.2) is 0 Å². The highest BCUT2D eigenvalue weighted by Crippen LogP contribution is 2.32. The topological polar surface area (TPSA) is 107 Å². The third-order valence-electron chi connectivity index (χ3n) is 6.45. The zero-order valence-corrected chi connectivity index (χ0v) is 18.6. The van der Waals surface area contributed by atoms with Gasteiger partial charge in [-0.25, -0.2) is 0 Å². The Labute approximate surface area is 197 Å². The van der Waals surface area contributed by atoms with Crippen LogP contribution in [0.1, 0.15) is 40.8 Å². The smallest absolute Gasteiger partial charge is 0.266 e. The van der Waals surface area contributed by atoms with Crippen LogP contribution in [-0.4, -0.2) is 34.8 Å². The molecule has 0 radical (unpaired) electrons. The highest BCUT2D eigenvalue weighted by Gasteiger charge is 2.43. The Hall–Kier alpha value is -4.13. The maximum Gasteiger partial charge on any atom is 0.266 e. The fraction of sp³-hybridized carbons (Fsp3) is 0.222. The minimum Gasteiger partial charge on any atom is -0.348 e. The molecule has 2 aromatic carbocycles. The first-order valence-corrected chi connectivity index (χ1v) is 11.4. The number of aliphatic imine (C=N–C) groups is 1. The van der Waals surface area contributed by atoms with Crippen LogP contribution < -0.4 is 10.6 Å². The Morgan fingerprint density at radius 1 is 1.09 bits per heavy atom. The molecule has 1 saturated heterocycles. The van der Waals surface area contributed by atoms with Crippen molar-refractivity contribution in [2.24, 2.45) is 10.9 Å². The number of aryl methyl sites for hydroxylation is 1. The summed E-state index contributed by atoms with van der Waals surface area (Å²) in [5.41, 5.74) is 4.37. The van der Waals surface area contributed by atoms with Crippen LogP contribution in [0.5, 0.6) is 0 Å². The van der Waals surface area contributed by atoms with E-state index in [-0.39, 0.29) is 35.8 Å². The maximum atomic E-state index is 12.9. The normalized spacial score (nSPS) is 22.3. The Balaban J connectivity index is 1.39. The number of rotatable bonds is 6. The third-order valence-corrected chi connectivity index (χ3v) is 6.45. The average Bonchev–Trinajstić information content (AvgIpc) is 3.44. The van der Waals surface area contributed by atoms with Gasteiger partial charge in [0.05, 0.1) is 23.7 Å². The van der Waals surface area contributed by atoms with Crippen molar-refractivity contribution < 1.29 is 9.59 Å². The number of carbonyl (C=O) groups is 2. The van der Waals surface area contributed by atoms with Crippen LogP contribution in [0.25, 0.3) is 0 Å². The molecule has 1 aliphatic heterocycles. The molecule has 34 heavy (non-hydrogen) atoms. The van der Waals surface area contributed by atoms with Crippen LogP contribution in [-0.2, 0) is 16.0 Å². The first kappa shape index (κ1) is 21.7. The number of nitrogens with zero attached hydrogens (tertiary/aromatic N) is 2. The molecule has 2 amide bonds. The van der Waals surface area contributed by atoms with E-state index in [1.807, 2.05) is 54.6 Å². The Bertz CT molecular complexity index is 1260. The summed E-state index contributed by atoms with van der Waals surface area (Å²) in [6.45, 7) is -0.167. The number of benzene rings is 2. The van der Waals surface area contributed by atoms with Crippen molar-refractivity contribution in [3.8, 4) is 0 Å². The molecule has 1 fully saturated rings. The molecule has 7 nitrogen and oxygen atoms in total. The van der Waals surface area contributed by atoms with E-state index in [2.05, 4.69) is 26.7 Å². The molecule has 0 spiro atoms. The van der Waals surface area contributed by atoms with Crippen LogP contribution in [0.4, 0.5) is 0 Å². The Morgan fingerprint density at radius 3 is 2.68 bits per heavy atom.